The normalized spacial score (nSPS) is 9.93. The highest BCUT2D eigenvalue weighted by atomic mass is 16.5. The van der Waals surface area contributed by atoms with E-state index in [9.17, 15) is 4.79 Å². The standard InChI is InChI=1S/C11H10N2O2/c1-8-11(6-12-15-8)13-10-4-2-3-9(5-10)7-14/h2-7,13H,1H3. The Labute approximate surface area is 86.9 Å². The summed E-state index contributed by atoms with van der Waals surface area (Å²) in [5.41, 5.74) is 2.28. The number of hydrogen-bond donors (Lipinski definition) is 1. The van der Waals surface area contributed by atoms with Gasteiger partial charge in [0.1, 0.15) is 12.0 Å². The van der Waals surface area contributed by atoms with Gasteiger partial charge in [-0.1, -0.05) is 17.3 Å². The van der Waals surface area contributed by atoms with Gasteiger partial charge in [-0.3, -0.25) is 4.79 Å². The van der Waals surface area contributed by atoms with Crippen molar-refractivity contribution in [1.82, 2.24) is 5.16 Å². The number of anilines is 2. The maximum absolute atomic E-state index is 10.6. The molecule has 15 heavy (non-hydrogen) atoms. The number of aryl methyl sites for hydroxylation is 1. The van der Waals surface area contributed by atoms with E-state index in [4.69, 9.17) is 4.52 Å². The van der Waals surface area contributed by atoms with E-state index in [0.717, 1.165) is 17.7 Å². The lowest BCUT2D eigenvalue weighted by molar-refractivity contribution is 0.112. The Morgan fingerprint density at radius 2 is 2.33 bits per heavy atom. The molecule has 4 nitrogen and oxygen atoms in total. The van der Waals surface area contributed by atoms with Crippen LogP contribution in [-0.4, -0.2) is 11.4 Å². The fourth-order valence-electron chi connectivity index (χ4n) is 1.26. The largest absolute Gasteiger partial charge is 0.359 e. The Morgan fingerprint density at radius 1 is 1.47 bits per heavy atom. The second kappa shape index (κ2) is 3.96. The van der Waals surface area contributed by atoms with Gasteiger partial charge in [-0.05, 0) is 19.1 Å². The highest BCUT2D eigenvalue weighted by molar-refractivity contribution is 5.77. The molecule has 4 heteroatoms. The first-order chi connectivity index (χ1) is 7.29. The van der Waals surface area contributed by atoms with Crippen LogP contribution < -0.4 is 5.32 Å². The monoisotopic (exact) mass is 202 g/mol. The SMILES string of the molecule is Cc1oncc1Nc1cccc(C=O)c1. The lowest BCUT2D eigenvalue weighted by Crippen LogP contribution is -1.91. The van der Waals surface area contributed by atoms with Crippen LogP contribution in [0.1, 0.15) is 16.1 Å². The molecule has 2 rings (SSSR count). The molecule has 0 aliphatic heterocycles. The first kappa shape index (κ1) is 9.45. The second-order valence-electron chi connectivity index (χ2n) is 3.16. The smallest absolute Gasteiger partial charge is 0.157 e. The number of benzene rings is 1. The van der Waals surface area contributed by atoms with Crippen molar-refractivity contribution in [2.75, 3.05) is 5.32 Å². The lowest BCUT2D eigenvalue weighted by Gasteiger charge is -2.03. The van der Waals surface area contributed by atoms with E-state index in [1.807, 2.05) is 19.1 Å². The number of aldehydes is 1. The Kier molecular flexibility index (Phi) is 2.49. The average Bonchev–Trinajstić information content (AvgIpc) is 2.65. The van der Waals surface area contributed by atoms with Gasteiger partial charge in [-0.25, -0.2) is 0 Å². The van der Waals surface area contributed by atoms with Crippen LogP contribution in [0.15, 0.2) is 35.0 Å². The topological polar surface area (TPSA) is 55.1 Å². The molecule has 76 valence electrons. The van der Waals surface area contributed by atoms with Gasteiger partial charge < -0.3 is 9.84 Å². The zero-order valence-corrected chi connectivity index (χ0v) is 8.23. The summed E-state index contributed by atoms with van der Waals surface area (Å²) in [7, 11) is 0. The molecule has 0 amide bonds. The van der Waals surface area contributed by atoms with Crippen LogP contribution >= 0.6 is 0 Å². The Morgan fingerprint density at radius 3 is 3.00 bits per heavy atom. The third-order valence-electron chi connectivity index (χ3n) is 2.05. The quantitative estimate of drug-likeness (QED) is 0.777. The number of nitrogens with zero attached hydrogens (tertiary/aromatic N) is 1. The molecular formula is C11H10N2O2. The lowest BCUT2D eigenvalue weighted by atomic mass is 10.2. The second-order valence-corrected chi connectivity index (χ2v) is 3.16. The van der Waals surface area contributed by atoms with Crippen LogP contribution in [0.3, 0.4) is 0 Å². The van der Waals surface area contributed by atoms with E-state index in [0.29, 0.717) is 11.3 Å². The van der Waals surface area contributed by atoms with Gasteiger partial charge in [0.2, 0.25) is 0 Å². The van der Waals surface area contributed by atoms with Crippen molar-refractivity contribution in [3.63, 3.8) is 0 Å². The van der Waals surface area contributed by atoms with Crippen molar-refractivity contribution in [1.29, 1.82) is 0 Å². The van der Waals surface area contributed by atoms with E-state index in [1.54, 1.807) is 18.3 Å². The molecule has 1 heterocycles. The number of carbonyl (C=O) groups excluding carboxylic acids is 1. The van der Waals surface area contributed by atoms with Gasteiger partial charge in [0.25, 0.3) is 0 Å². The molecule has 0 atom stereocenters. The number of nitrogens with one attached hydrogen (secondary N) is 1. The molecule has 2 aromatic rings. The van der Waals surface area contributed by atoms with Gasteiger partial charge in [-0.2, -0.15) is 0 Å². The molecule has 0 radical (unpaired) electrons. The predicted octanol–water partition coefficient (Wildman–Crippen LogP) is 2.54. The molecule has 0 bridgehead atoms. The fourth-order valence-corrected chi connectivity index (χ4v) is 1.26. The molecule has 1 aromatic carbocycles. The molecule has 0 fully saturated rings. The summed E-state index contributed by atoms with van der Waals surface area (Å²) in [5.74, 6) is 0.714. The minimum absolute atomic E-state index is 0.633. The molecular weight excluding hydrogens is 192 g/mol. The van der Waals surface area contributed by atoms with E-state index in [-0.39, 0.29) is 0 Å². The Bertz CT molecular complexity index is 477. The van der Waals surface area contributed by atoms with Crippen molar-refractivity contribution in [2.45, 2.75) is 6.92 Å². The van der Waals surface area contributed by atoms with Crippen LogP contribution in [0.5, 0.6) is 0 Å². The van der Waals surface area contributed by atoms with Gasteiger partial charge in [0, 0.05) is 11.3 Å². The molecule has 0 aliphatic rings. The van der Waals surface area contributed by atoms with Crippen LogP contribution in [0.4, 0.5) is 11.4 Å². The summed E-state index contributed by atoms with van der Waals surface area (Å²) >= 11 is 0. The van der Waals surface area contributed by atoms with Gasteiger partial charge >= 0.3 is 0 Å². The van der Waals surface area contributed by atoms with E-state index in [2.05, 4.69) is 10.5 Å². The summed E-state index contributed by atoms with van der Waals surface area (Å²) in [6.45, 7) is 1.82. The zero-order chi connectivity index (χ0) is 10.7. The molecule has 1 aromatic heterocycles. The summed E-state index contributed by atoms with van der Waals surface area (Å²) in [6, 6.07) is 7.20. The van der Waals surface area contributed by atoms with Crippen molar-refractivity contribution in [3.8, 4) is 0 Å². The Balaban J connectivity index is 2.24. The Hall–Kier alpha value is -2.10. The summed E-state index contributed by atoms with van der Waals surface area (Å²) in [5, 5.41) is 6.77. The average molecular weight is 202 g/mol. The van der Waals surface area contributed by atoms with Gasteiger partial charge in [0.15, 0.2) is 5.76 Å². The van der Waals surface area contributed by atoms with E-state index >= 15 is 0 Å². The number of aromatic nitrogens is 1. The van der Waals surface area contributed by atoms with Crippen LogP contribution in [0.2, 0.25) is 0 Å². The maximum atomic E-state index is 10.6. The summed E-state index contributed by atoms with van der Waals surface area (Å²) in [6.07, 6.45) is 2.41. The van der Waals surface area contributed by atoms with Crippen LogP contribution in [0, 0.1) is 6.92 Å². The van der Waals surface area contributed by atoms with Crippen molar-refractivity contribution in [2.24, 2.45) is 0 Å². The van der Waals surface area contributed by atoms with Gasteiger partial charge in [-0.15, -0.1) is 0 Å². The number of carbonyl (C=O) groups is 1. The zero-order valence-electron chi connectivity index (χ0n) is 8.23. The minimum Gasteiger partial charge on any atom is -0.359 e. The third kappa shape index (κ3) is 2.04. The van der Waals surface area contributed by atoms with Crippen LogP contribution in [-0.2, 0) is 0 Å². The van der Waals surface area contributed by atoms with E-state index < -0.39 is 0 Å². The molecule has 0 aliphatic carbocycles. The summed E-state index contributed by atoms with van der Waals surface area (Å²) < 4.78 is 4.91. The fraction of sp³-hybridized carbons (Fsp3) is 0.0909. The minimum atomic E-state index is 0.633. The highest BCUT2D eigenvalue weighted by Crippen LogP contribution is 2.19. The highest BCUT2D eigenvalue weighted by Gasteiger charge is 2.02. The molecule has 1 N–H and O–H groups in total. The molecule has 0 saturated carbocycles. The summed E-state index contributed by atoms with van der Waals surface area (Å²) in [4.78, 5) is 10.6. The molecule has 0 saturated heterocycles. The van der Waals surface area contributed by atoms with Gasteiger partial charge in [0.05, 0.1) is 6.20 Å². The predicted molar refractivity (Wildman–Crippen MR) is 56.4 cm³/mol. The molecule has 0 unspecified atom stereocenters. The maximum Gasteiger partial charge on any atom is 0.157 e. The number of hydrogen-bond acceptors (Lipinski definition) is 4. The number of rotatable bonds is 3. The van der Waals surface area contributed by atoms with Crippen LogP contribution in [0.25, 0.3) is 0 Å². The third-order valence-corrected chi connectivity index (χ3v) is 2.05. The molecule has 0 spiro atoms. The van der Waals surface area contributed by atoms with Crippen molar-refractivity contribution in [3.05, 3.63) is 41.8 Å². The van der Waals surface area contributed by atoms with Crippen molar-refractivity contribution >= 4 is 17.7 Å². The first-order valence-electron chi connectivity index (χ1n) is 4.53. The van der Waals surface area contributed by atoms with E-state index in [1.165, 1.54) is 0 Å². The first-order valence-corrected chi connectivity index (χ1v) is 4.53. The van der Waals surface area contributed by atoms with Crippen molar-refractivity contribution < 1.29 is 9.32 Å².